The molecule has 2 rings (SSSR count). The van der Waals surface area contributed by atoms with Gasteiger partial charge in [-0.15, -0.1) is 0 Å². The molecule has 1 heterocycles. The fourth-order valence-electron chi connectivity index (χ4n) is 1.82. The number of nitrogens with one attached hydrogen (secondary N) is 1. The van der Waals surface area contributed by atoms with Crippen molar-refractivity contribution in [2.24, 2.45) is 5.41 Å². The number of nitrogens with zero attached hydrogens (tertiary/aromatic N) is 1. The van der Waals surface area contributed by atoms with Gasteiger partial charge in [-0.25, -0.2) is 4.79 Å². The number of hydrogen-bond donors (Lipinski definition) is 2. The van der Waals surface area contributed by atoms with E-state index < -0.39 is 22.1 Å². The molecule has 0 bridgehead atoms. The first-order valence-electron chi connectivity index (χ1n) is 6.33. The minimum atomic E-state index is -1.75. The molecule has 2 N–H and O–H groups in total. The van der Waals surface area contributed by atoms with Gasteiger partial charge in [0.15, 0.2) is 0 Å². The van der Waals surface area contributed by atoms with E-state index in [0.717, 1.165) is 0 Å². The highest BCUT2D eigenvalue weighted by Crippen LogP contribution is 2.38. The molecule has 0 aliphatic carbocycles. The van der Waals surface area contributed by atoms with Gasteiger partial charge in [0.25, 0.3) is 5.69 Å². The summed E-state index contributed by atoms with van der Waals surface area (Å²) in [6.45, 7) is 5.14. The number of carbonyl (C=O) groups is 1. The Morgan fingerprint density at radius 1 is 1.33 bits per heavy atom. The van der Waals surface area contributed by atoms with Crippen LogP contribution in [0.5, 0.6) is 0 Å². The van der Waals surface area contributed by atoms with E-state index in [1.165, 1.54) is 24.3 Å². The van der Waals surface area contributed by atoms with E-state index in [0.29, 0.717) is 0 Å². The molecule has 21 heavy (non-hydrogen) atoms. The number of cyclic esters (lactones) is 1. The molecule has 1 aliphatic rings. The number of hydrogen-bond acceptors (Lipinski definition) is 6. The standard InChI is InChI=1S/C14H16N2O5/c1-13(2,3)14(18)8-10(12(17)21-14)15-9-6-4-5-7-11(9)16(19)20/h4-8,15,18H,1-3H3. The predicted octanol–water partition coefficient (Wildman–Crippen LogP) is 2.18. The lowest BCUT2D eigenvalue weighted by molar-refractivity contribution is -0.383. The Morgan fingerprint density at radius 3 is 2.48 bits per heavy atom. The zero-order chi connectivity index (χ0) is 15.8. The van der Waals surface area contributed by atoms with E-state index in [1.54, 1.807) is 26.8 Å². The molecule has 7 heteroatoms. The van der Waals surface area contributed by atoms with Gasteiger partial charge in [0.2, 0.25) is 5.79 Å². The predicted molar refractivity (Wildman–Crippen MR) is 75.3 cm³/mol. The third-order valence-electron chi connectivity index (χ3n) is 3.25. The van der Waals surface area contributed by atoms with Crippen LogP contribution in [0.2, 0.25) is 0 Å². The van der Waals surface area contributed by atoms with Crippen LogP contribution < -0.4 is 5.32 Å². The van der Waals surface area contributed by atoms with Gasteiger partial charge in [0, 0.05) is 17.6 Å². The summed E-state index contributed by atoms with van der Waals surface area (Å²) in [5, 5.41) is 23.9. The Kier molecular flexibility index (Phi) is 3.46. The van der Waals surface area contributed by atoms with Crippen molar-refractivity contribution < 1.29 is 19.6 Å². The first kappa shape index (κ1) is 15.0. The zero-order valence-corrected chi connectivity index (χ0v) is 11.9. The summed E-state index contributed by atoms with van der Waals surface area (Å²) in [5.74, 6) is -2.51. The third-order valence-corrected chi connectivity index (χ3v) is 3.25. The van der Waals surface area contributed by atoms with Crippen molar-refractivity contribution in [2.75, 3.05) is 5.32 Å². The number of carbonyl (C=O) groups excluding carboxylic acids is 1. The molecule has 0 amide bonds. The Labute approximate surface area is 121 Å². The minimum Gasteiger partial charge on any atom is -0.424 e. The third kappa shape index (κ3) is 2.73. The number of nitro benzene ring substituents is 1. The van der Waals surface area contributed by atoms with Crippen molar-refractivity contribution in [3.63, 3.8) is 0 Å². The lowest BCUT2D eigenvalue weighted by Crippen LogP contribution is -2.41. The summed E-state index contributed by atoms with van der Waals surface area (Å²) in [6.07, 6.45) is 1.24. The van der Waals surface area contributed by atoms with Crippen molar-refractivity contribution in [2.45, 2.75) is 26.6 Å². The molecule has 0 saturated carbocycles. The maximum atomic E-state index is 11.8. The normalized spacial score (nSPS) is 21.7. The molecular weight excluding hydrogens is 276 g/mol. The molecule has 7 nitrogen and oxygen atoms in total. The second kappa shape index (κ2) is 4.85. The Bertz CT molecular complexity index is 632. The molecular formula is C14H16N2O5. The summed E-state index contributed by atoms with van der Waals surface area (Å²) in [6, 6.07) is 5.92. The highest BCUT2D eigenvalue weighted by atomic mass is 16.7. The molecule has 0 aromatic heterocycles. The van der Waals surface area contributed by atoms with Crippen LogP contribution >= 0.6 is 0 Å². The van der Waals surface area contributed by atoms with Crippen LogP contribution in [0.3, 0.4) is 0 Å². The van der Waals surface area contributed by atoms with Crippen LogP contribution in [0, 0.1) is 15.5 Å². The lowest BCUT2D eigenvalue weighted by Gasteiger charge is -2.33. The number of ether oxygens (including phenoxy) is 1. The summed E-state index contributed by atoms with van der Waals surface area (Å²) in [7, 11) is 0. The summed E-state index contributed by atoms with van der Waals surface area (Å²) >= 11 is 0. The maximum absolute atomic E-state index is 11.8. The van der Waals surface area contributed by atoms with Gasteiger partial charge in [-0.3, -0.25) is 10.1 Å². The Balaban J connectivity index is 2.35. The largest absolute Gasteiger partial charge is 0.424 e. The van der Waals surface area contributed by atoms with Gasteiger partial charge in [0.05, 0.1) is 4.92 Å². The number of rotatable bonds is 3. The van der Waals surface area contributed by atoms with Crippen LogP contribution in [0.1, 0.15) is 20.8 Å². The Hall–Kier alpha value is -2.41. The van der Waals surface area contributed by atoms with Gasteiger partial charge in [-0.05, 0) is 6.07 Å². The van der Waals surface area contributed by atoms with Crippen molar-refractivity contribution in [1.82, 2.24) is 0 Å². The van der Waals surface area contributed by atoms with Crippen LogP contribution in [0.4, 0.5) is 11.4 Å². The summed E-state index contributed by atoms with van der Waals surface area (Å²) in [5.41, 5.74) is -0.766. The molecule has 1 unspecified atom stereocenters. The van der Waals surface area contributed by atoms with Gasteiger partial charge >= 0.3 is 5.97 Å². The number of aliphatic hydroxyl groups is 1. The SMILES string of the molecule is CC(C)(C)C1(O)C=C(Nc2ccccc2[N+](=O)[O-])C(=O)O1. The Morgan fingerprint density at radius 2 is 1.95 bits per heavy atom. The monoisotopic (exact) mass is 292 g/mol. The van der Waals surface area contributed by atoms with Gasteiger partial charge in [-0.2, -0.15) is 0 Å². The second-order valence-corrected chi connectivity index (χ2v) is 5.79. The van der Waals surface area contributed by atoms with Crippen LogP contribution in [0.15, 0.2) is 36.0 Å². The molecule has 0 radical (unpaired) electrons. The van der Waals surface area contributed by atoms with Gasteiger partial charge < -0.3 is 15.2 Å². The van der Waals surface area contributed by atoms with E-state index in [-0.39, 0.29) is 17.1 Å². The zero-order valence-electron chi connectivity index (χ0n) is 11.9. The quantitative estimate of drug-likeness (QED) is 0.503. The van der Waals surface area contributed by atoms with E-state index in [2.05, 4.69) is 5.32 Å². The summed E-state index contributed by atoms with van der Waals surface area (Å²) < 4.78 is 4.99. The fraction of sp³-hybridized carbons (Fsp3) is 0.357. The molecule has 0 fully saturated rings. The highest BCUT2D eigenvalue weighted by Gasteiger charge is 2.48. The topological polar surface area (TPSA) is 102 Å². The minimum absolute atomic E-state index is 0.0262. The van der Waals surface area contributed by atoms with E-state index in [9.17, 15) is 20.0 Å². The van der Waals surface area contributed by atoms with Crippen LogP contribution in [0.25, 0.3) is 0 Å². The van der Waals surface area contributed by atoms with Crippen molar-refractivity contribution in [3.05, 3.63) is 46.2 Å². The van der Waals surface area contributed by atoms with E-state index >= 15 is 0 Å². The maximum Gasteiger partial charge on any atom is 0.357 e. The second-order valence-electron chi connectivity index (χ2n) is 5.79. The average Bonchev–Trinajstić information content (AvgIpc) is 2.65. The molecule has 1 aliphatic heterocycles. The molecule has 1 atom stereocenters. The van der Waals surface area contributed by atoms with Crippen molar-refractivity contribution in [3.8, 4) is 0 Å². The number of nitro groups is 1. The number of benzene rings is 1. The lowest BCUT2D eigenvalue weighted by atomic mass is 9.85. The van der Waals surface area contributed by atoms with Gasteiger partial charge in [0.1, 0.15) is 11.4 Å². The fourth-order valence-corrected chi connectivity index (χ4v) is 1.82. The summed E-state index contributed by atoms with van der Waals surface area (Å²) in [4.78, 5) is 22.2. The molecule has 112 valence electrons. The van der Waals surface area contributed by atoms with E-state index in [1.807, 2.05) is 0 Å². The number of para-hydroxylation sites is 2. The van der Waals surface area contributed by atoms with E-state index in [4.69, 9.17) is 4.74 Å². The van der Waals surface area contributed by atoms with Crippen molar-refractivity contribution >= 4 is 17.3 Å². The molecule has 0 spiro atoms. The molecule has 0 saturated heterocycles. The van der Waals surface area contributed by atoms with Crippen molar-refractivity contribution in [1.29, 1.82) is 0 Å². The first-order chi connectivity index (χ1) is 9.64. The first-order valence-corrected chi connectivity index (χ1v) is 6.33. The van der Waals surface area contributed by atoms with Crippen LogP contribution in [-0.2, 0) is 9.53 Å². The smallest absolute Gasteiger partial charge is 0.357 e. The number of anilines is 1. The molecule has 1 aromatic carbocycles. The number of esters is 1. The van der Waals surface area contributed by atoms with Crippen LogP contribution in [-0.4, -0.2) is 21.8 Å². The molecule has 1 aromatic rings. The average molecular weight is 292 g/mol. The van der Waals surface area contributed by atoms with Gasteiger partial charge in [-0.1, -0.05) is 32.9 Å². The highest BCUT2D eigenvalue weighted by molar-refractivity contribution is 5.95.